The van der Waals surface area contributed by atoms with Crippen LogP contribution in [-0.4, -0.2) is 54.2 Å². The summed E-state index contributed by atoms with van der Waals surface area (Å²) >= 11 is 12.5. The van der Waals surface area contributed by atoms with Crippen molar-refractivity contribution in [1.82, 2.24) is 4.90 Å². The average molecular weight is 652 g/mol. The maximum absolute atomic E-state index is 15.1. The van der Waals surface area contributed by atoms with Gasteiger partial charge < -0.3 is 14.7 Å². The van der Waals surface area contributed by atoms with Crippen molar-refractivity contribution in [3.05, 3.63) is 99.8 Å². The van der Waals surface area contributed by atoms with Crippen molar-refractivity contribution in [2.45, 2.75) is 63.2 Å². The summed E-state index contributed by atoms with van der Waals surface area (Å²) in [6, 6.07) is 17.5. The molecule has 8 nitrogen and oxygen atoms in total. The van der Waals surface area contributed by atoms with Gasteiger partial charge in [0.1, 0.15) is 18.0 Å². The van der Waals surface area contributed by atoms with Gasteiger partial charge in [-0.2, -0.15) is 0 Å². The van der Waals surface area contributed by atoms with E-state index in [2.05, 4.69) is 0 Å². The molecule has 1 aliphatic rings. The van der Waals surface area contributed by atoms with Gasteiger partial charge in [0.25, 0.3) is 5.91 Å². The molecule has 1 aliphatic heterocycles. The molecular weight excluding hydrogens is 618 g/mol. The van der Waals surface area contributed by atoms with Crippen LogP contribution in [0.5, 0.6) is 0 Å². The van der Waals surface area contributed by atoms with E-state index in [-0.39, 0.29) is 18.7 Å². The predicted octanol–water partition coefficient (Wildman–Crippen LogP) is 6.64. The Bertz CT molecular complexity index is 1570. The zero-order valence-corrected chi connectivity index (χ0v) is 26.2. The fourth-order valence-corrected chi connectivity index (χ4v) is 6.89. The number of nitrogens with zero attached hydrogens (tertiary/aromatic N) is 2. The number of amides is 1. The highest BCUT2D eigenvalue weighted by atomic mass is 35.5. The Kier molecular flexibility index (Phi) is 10.4. The van der Waals surface area contributed by atoms with E-state index in [0.717, 1.165) is 4.31 Å². The molecular formula is C31H33Cl2FN2O6S. The quantitative estimate of drug-likeness (QED) is 0.249. The normalized spacial score (nSPS) is 19.8. The number of sulfonamides is 1. The molecule has 0 saturated carbocycles. The molecule has 12 heteroatoms. The summed E-state index contributed by atoms with van der Waals surface area (Å²) in [7, 11) is -4.07. The van der Waals surface area contributed by atoms with Crippen LogP contribution in [0.4, 0.5) is 10.1 Å². The lowest BCUT2D eigenvalue weighted by atomic mass is 9.89. The van der Waals surface area contributed by atoms with Gasteiger partial charge in [-0.15, -0.1) is 0 Å². The Morgan fingerprint density at radius 2 is 1.70 bits per heavy atom. The molecule has 0 bridgehead atoms. The summed E-state index contributed by atoms with van der Waals surface area (Å²) in [5, 5.41) is 9.64. The van der Waals surface area contributed by atoms with Gasteiger partial charge in [0, 0.05) is 10.0 Å². The second kappa shape index (κ2) is 13.6. The SMILES string of the molecule is CC[C@H](CN(c1ccccc1F)S(=O)(=O)C(C)C)N1C(=O)[C@H](CC(=O)O)O[C@H](c2cccc(Cl)c2)[C@H]1c1ccc(Cl)cc1. The third kappa shape index (κ3) is 7.15. The summed E-state index contributed by atoms with van der Waals surface area (Å²) < 4.78 is 49.6. The Labute approximate surface area is 261 Å². The topological polar surface area (TPSA) is 104 Å². The first-order valence-electron chi connectivity index (χ1n) is 13.8. The number of carboxylic acids is 1. The lowest BCUT2D eigenvalue weighted by molar-refractivity contribution is -0.183. The maximum Gasteiger partial charge on any atom is 0.306 e. The van der Waals surface area contributed by atoms with Crippen molar-refractivity contribution in [3.8, 4) is 0 Å². The van der Waals surface area contributed by atoms with E-state index in [0.29, 0.717) is 21.2 Å². The van der Waals surface area contributed by atoms with Gasteiger partial charge >= 0.3 is 5.97 Å². The monoisotopic (exact) mass is 650 g/mol. The molecule has 1 amide bonds. The van der Waals surface area contributed by atoms with Gasteiger partial charge in [-0.25, -0.2) is 12.8 Å². The van der Waals surface area contributed by atoms with Crippen molar-refractivity contribution in [1.29, 1.82) is 0 Å². The standard InChI is InChI=1S/C31H33Cl2FN2O6S/c1-4-24(18-35(43(40,41)19(2)3)26-11-6-5-10-25(26)34)36-29(20-12-14-22(32)15-13-20)30(21-8-7-9-23(33)16-21)42-27(31(36)39)17-28(37)38/h5-16,19,24,27,29-30H,4,17-18H2,1-3H3,(H,37,38)/t24-,27+,29-,30-/m1/s1. The van der Waals surface area contributed by atoms with Crippen molar-refractivity contribution < 1.29 is 32.2 Å². The van der Waals surface area contributed by atoms with Gasteiger partial charge in [0.2, 0.25) is 10.0 Å². The molecule has 0 spiro atoms. The average Bonchev–Trinajstić information content (AvgIpc) is 2.95. The number of carbonyl (C=O) groups is 2. The van der Waals surface area contributed by atoms with Crippen LogP contribution in [0.1, 0.15) is 56.9 Å². The van der Waals surface area contributed by atoms with Gasteiger partial charge in [-0.3, -0.25) is 13.9 Å². The second-order valence-electron chi connectivity index (χ2n) is 10.6. The molecule has 1 N–H and O–H groups in total. The van der Waals surface area contributed by atoms with E-state index in [1.807, 2.05) is 0 Å². The number of hydrogen-bond donors (Lipinski definition) is 1. The highest BCUT2D eigenvalue weighted by molar-refractivity contribution is 7.93. The van der Waals surface area contributed by atoms with Gasteiger partial charge in [-0.05, 0) is 67.8 Å². The van der Waals surface area contributed by atoms with E-state index in [1.165, 1.54) is 43.0 Å². The van der Waals surface area contributed by atoms with Crippen molar-refractivity contribution in [2.75, 3.05) is 10.8 Å². The molecule has 0 aliphatic carbocycles. The van der Waals surface area contributed by atoms with Gasteiger partial charge in [-0.1, -0.05) is 66.5 Å². The molecule has 1 heterocycles. The summed E-state index contributed by atoms with van der Waals surface area (Å²) in [6.07, 6.45) is -2.60. The van der Waals surface area contributed by atoms with Crippen LogP contribution in [0.25, 0.3) is 0 Å². The summed E-state index contributed by atoms with van der Waals surface area (Å²) in [4.78, 5) is 27.5. The van der Waals surface area contributed by atoms with Crippen molar-refractivity contribution in [2.24, 2.45) is 0 Å². The van der Waals surface area contributed by atoms with Crippen LogP contribution < -0.4 is 4.31 Å². The van der Waals surface area contributed by atoms with Crippen LogP contribution in [0.2, 0.25) is 10.0 Å². The Morgan fingerprint density at radius 1 is 1.02 bits per heavy atom. The fourth-order valence-electron chi connectivity index (χ4n) is 5.25. The first-order chi connectivity index (χ1) is 20.3. The lowest BCUT2D eigenvalue weighted by Gasteiger charge is -2.48. The van der Waals surface area contributed by atoms with Crippen molar-refractivity contribution >= 4 is 50.8 Å². The van der Waals surface area contributed by atoms with Crippen LogP contribution in [0.15, 0.2) is 72.8 Å². The molecule has 4 rings (SSSR count). The smallest absolute Gasteiger partial charge is 0.306 e. The number of anilines is 1. The number of halogens is 3. The number of ether oxygens (including phenoxy) is 1. The minimum Gasteiger partial charge on any atom is -0.481 e. The number of benzene rings is 3. The largest absolute Gasteiger partial charge is 0.481 e. The number of carbonyl (C=O) groups excluding carboxylic acids is 1. The molecule has 43 heavy (non-hydrogen) atoms. The van der Waals surface area contributed by atoms with Crippen molar-refractivity contribution in [3.63, 3.8) is 0 Å². The van der Waals surface area contributed by atoms with Gasteiger partial charge in [0.15, 0.2) is 0 Å². The molecule has 4 atom stereocenters. The molecule has 3 aromatic rings. The molecule has 0 aromatic heterocycles. The first kappa shape index (κ1) is 32.7. The highest BCUT2D eigenvalue weighted by Crippen LogP contribution is 2.45. The third-order valence-electron chi connectivity index (χ3n) is 7.44. The molecule has 3 aromatic carbocycles. The summed E-state index contributed by atoms with van der Waals surface area (Å²) in [5.74, 6) is -2.59. The van der Waals surface area contributed by atoms with Gasteiger partial charge in [0.05, 0.1) is 36.0 Å². The van der Waals surface area contributed by atoms with Crippen LogP contribution in [0, 0.1) is 5.82 Å². The van der Waals surface area contributed by atoms with Crippen LogP contribution >= 0.6 is 23.2 Å². The van der Waals surface area contributed by atoms with E-state index in [9.17, 15) is 23.1 Å². The van der Waals surface area contributed by atoms with Crippen LogP contribution in [0.3, 0.4) is 0 Å². The molecule has 1 saturated heterocycles. The minimum absolute atomic E-state index is 0.146. The first-order valence-corrected chi connectivity index (χ1v) is 16.1. The Balaban J connectivity index is 1.91. The molecule has 0 radical (unpaired) electrons. The number of para-hydroxylation sites is 1. The van der Waals surface area contributed by atoms with Crippen LogP contribution in [-0.2, 0) is 24.3 Å². The predicted molar refractivity (Wildman–Crippen MR) is 164 cm³/mol. The van der Waals surface area contributed by atoms with E-state index in [4.69, 9.17) is 27.9 Å². The second-order valence-corrected chi connectivity index (χ2v) is 13.9. The zero-order valence-electron chi connectivity index (χ0n) is 23.9. The lowest BCUT2D eigenvalue weighted by Crippen LogP contribution is -2.58. The molecule has 1 fully saturated rings. The number of hydrogen-bond acceptors (Lipinski definition) is 5. The summed E-state index contributed by atoms with van der Waals surface area (Å²) in [5.41, 5.74) is 1.07. The van der Waals surface area contributed by atoms with E-state index < -0.39 is 63.7 Å². The Morgan fingerprint density at radius 3 is 2.28 bits per heavy atom. The maximum atomic E-state index is 15.1. The summed E-state index contributed by atoms with van der Waals surface area (Å²) in [6.45, 7) is 4.50. The molecule has 0 unspecified atom stereocenters. The zero-order chi connectivity index (χ0) is 31.5. The third-order valence-corrected chi connectivity index (χ3v) is 10.1. The minimum atomic E-state index is -4.07. The number of aliphatic carboxylic acids is 1. The number of morpholine rings is 1. The van der Waals surface area contributed by atoms with E-state index in [1.54, 1.807) is 55.5 Å². The molecule has 230 valence electrons. The fraction of sp³-hybridized carbons (Fsp3) is 0.355. The number of carboxylic acid groups (broad SMARTS) is 1. The van der Waals surface area contributed by atoms with E-state index >= 15 is 4.39 Å². The Hall–Kier alpha value is -3.18. The highest BCUT2D eigenvalue weighted by Gasteiger charge is 2.48. The number of rotatable bonds is 11.